The molecular weight excluding hydrogens is 254 g/mol. The summed E-state index contributed by atoms with van der Waals surface area (Å²) in [6.07, 6.45) is 1.62. The van der Waals surface area contributed by atoms with Crippen molar-refractivity contribution in [3.05, 3.63) is 41.2 Å². The number of carbonyl (C=O) groups is 1. The molecule has 0 N–H and O–H groups in total. The highest BCUT2D eigenvalue weighted by Crippen LogP contribution is 2.20. The van der Waals surface area contributed by atoms with E-state index in [1.165, 1.54) is 7.11 Å². The highest BCUT2D eigenvalue weighted by atomic mass is 35.5. The minimum absolute atomic E-state index is 0.0713. The van der Waals surface area contributed by atoms with Gasteiger partial charge in [0.2, 0.25) is 5.78 Å². The lowest BCUT2D eigenvalue weighted by Gasteiger charge is -2.02. The van der Waals surface area contributed by atoms with E-state index in [0.29, 0.717) is 5.78 Å². The Hall–Kier alpha value is -2.14. The van der Waals surface area contributed by atoms with E-state index in [2.05, 4.69) is 14.7 Å². The summed E-state index contributed by atoms with van der Waals surface area (Å²) in [5.41, 5.74) is 1.75. The SMILES string of the molecule is COC(=O)c1nc2nc3ccccc3n2cc1Cl. The number of imidazole rings is 1. The lowest BCUT2D eigenvalue weighted by Crippen LogP contribution is -2.07. The Labute approximate surface area is 107 Å². The van der Waals surface area contributed by atoms with Crippen molar-refractivity contribution in [1.82, 2.24) is 14.4 Å². The zero-order valence-corrected chi connectivity index (χ0v) is 10.2. The Morgan fingerprint density at radius 3 is 2.89 bits per heavy atom. The van der Waals surface area contributed by atoms with Crippen LogP contribution in [-0.2, 0) is 4.74 Å². The molecule has 0 unspecified atom stereocenters. The van der Waals surface area contributed by atoms with Gasteiger partial charge in [-0.1, -0.05) is 23.7 Å². The Kier molecular flexibility index (Phi) is 2.41. The first-order valence-corrected chi connectivity index (χ1v) is 5.60. The van der Waals surface area contributed by atoms with Crippen LogP contribution in [0.4, 0.5) is 0 Å². The van der Waals surface area contributed by atoms with Crippen LogP contribution in [0.3, 0.4) is 0 Å². The molecule has 18 heavy (non-hydrogen) atoms. The van der Waals surface area contributed by atoms with Crippen LogP contribution in [0.2, 0.25) is 5.02 Å². The first kappa shape index (κ1) is 11.0. The molecule has 0 radical (unpaired) electrons. The zero-order chi connectivity index (χ0) is 12.7. The molecule has 0 amide bonds. The van der Waals surface area contributed by atoms with Crippen LogP contribution >= 0.6 is 11.6 Å². The van der Waals surface area contributed by atoms with E-state index < -0.39 is 5.97 Å². The lowest BCUT2D eigenvalue weighted by molar-refractivity contribution is 0.0594. The molecule has 0 saturated carbocycles. The molecule has 3 aromatic rings. The second kappa shape index (κ2) is 3.96. The van der Waals surface area contributed by atoms with Gasteiger partial charge in [0, 0.05) is 6.20 Å². The van der Waals surface area contributed by atoms with E-state index in [-0.39, 0.29) is 10.7 Å². The van der Waals surface area contributed by atoms with E-state index in [4.69, 9.17) is 11.6 Å². The van der Waals surface area contributed by atoms with E-state index >= 15 is 0 Å². The largest absolute Gasteiger partial charge is 0.464 e. The number of hydrogen-bond acceptors (Lipinski definition) is 4. The number of benzene rings is 1. The van der Waals surface area contributed by atoms with Crippen molar-refractivity contribution in [2.75, 3.05) is 7.11 Å². The molecule has 0 fully saturated rings. The van der Waals surface area contributed by atoms with Crippen molar-refractivity contribution in [3.8, 4) is 0 Å². The Bertz CT molecular complexity index is 766. The predicted octanol–water partition coefficient (Wildman–Crippen LogP) is 2.32. The minimum Gasteiger partial charge on any atom is -0.464 e. The highest BCUT2D eigenvalue weighted by Gasteiger charge is 2.16. The molecule has 1 aromatic carbocycles. The number of rotatable bonds is 1. The standard InChI is InChI=1S/C12H8ClN3O2/c1-18-11(17)10-7(13)6-16-9-5-3-2-4-8(9)14-12(16)15-10/h2-6H,1H3. The van der Waals surface area contributed by atoms with Gasteiger partial charge in [-0.2, -0.15) is 0 Å². The number of hydrogen-bond donors (Lipinski definition) is 0. The number of fused-ring (bicyclic) bond motifs is 3. The summed E-state index contributed by atoms with van der Waals surface area (Å²) in [6.45, 7) is 0. The molecule has 3 rings (SSSR count). The number of para-hydroxylation sites is 2. The summed E-state index contributed by atoms with van der Waals surface area (Å²) in [7, 11) is 1.28. The molecule has 0 aliphatic heterocycles. The first-order chi connectivity index (χ1) is 8.70. The molecule has 0 aliphatic carbocycles. The number of esters is 1. The van der Waals surface area contributed by atoms with Gasteiger partial charge in [0.1, 0.15) is 0 Å². The van der Waals surface area contributed by atoms with Crippen molar-refractivity contribution in [2.24, 2.45) is 0 Å². The summed E-state index contributed by atoms with van der Waals surface area (Å²) in [5.74, 6) is -0.157. The Morgan fingerprint density at radius 1 is 1.33 bits per heavy atom. The number of halogens is 1. The van der Waals surface area contributed by atoms with E-state index in [1.807, 2.05) is 24.3 Å². The minimum atomic E-state index is -0.574. The quantitative estimate of drug-likeness (QED) is 0.631. The topological polar surface area (TPSA) is 56.5 Å². The van der Waals surface area contributed by atoms with Crippen molar-refractivity contribution in [2.45, 2.75) is 0 Å². The van der Waals surface area contributed by atoms with Gasteiger partial charge in [0.15, 0.2) is 5.69 Å². The van der Waals surface area contributed by atoms with Gasteiger partial charge in [-0.3, -0.25) is 4.40 Å². The van der Waals surface area contributed by atoms with Crippen molar-refractivity contribution in [1.29, 1.82) is 0 Å². The van der Waals surface area contributed by atoms with Crippen LogP contribution < -0.4 is 0 Å². The molecule has 0 aliphatic rings. The van der Waals surface area contributed by atoms with Crippen LogP contribution in [-0.4, -0.2) is 27.4 Å². The third-order valence-corrected chi connectivity index (χ3v) is 2.91. The molecule has 2 aromatic heterocycles. The van der Waals surface area contributed by atoms with Gasteiger partial charge in [-0.25, -0.2) is 14.8 Å². The van der Waals surface area contributed by atoms with E-state index in [9.17, 15) is 4.79 Å². The molecule has 90 valence electrons. The molecule has 0 bridgehead atoms. The summed E-state index contributed by atoms with van der Waals surface area (Å²) < 4.78 is 6.36. The second-order valence-electron chi connectivity index (χ2n) is 3.70. The van der Waals surface area contributed by atoms with Gasteiger partial charge in [-0.15, -0.1) is 0 Å². The third kappa shape index (κ3) is 1.52. The number of aromatic nitrogens is 3. The van der Waals surface area contributed by atoms with Gasteiger partial charge in [-0.05, 0) is 12.1 Å². The molecule has 6 heteroatoms. The summed E-state index contributed by atoms with van der Waals surface area (Å²) in [6, 6.07) is 7.57. The van der Waals surface area contributed by atoms with Gasteiger partial charge < -0.3 is 4.74 Å². The zero-order valence-electron chi connectivity index (χ0n) is 9.42. The average molecular weight is 262 g/mol. The molecule has 0 spiro atoms. The fourth-order valence-corrected chi connectivity index (χ4v) is 2.02. The van der Waals surface area contributed by atoms with E-state index in [0.717, 1.165) is 11.0 Å². The maximum absolute atomic E-state index is 11.5. The normalized spacial score (nSPS) is 11.0. The van der Waals surface area contributed by atoms with Crippen LogP contribution in [0.25, 0.3) is 16.8 Å². The highest BCUT2D eigenvalue weighted by molar-refractivity contribution is 6.33. The van der Waals surface area contributed by atoms with Gasteiger partial charge in [0.05, 0.1) is 23.2 Å². The fraction of sp³-hybridized carbons (Fsp3) is 0.0833. The van der Waals surface area contributed by atoms with Crippen molar-refractivity contribution < 1.29 is 9.53 Å². The molecule has 0 atom stereocenters. The van der Waals surface area contributed by atoms with E-state index in [1.54, 1.807) is 10.6 Å². The van der Waals surface area contributed by atoms with Crippen LogP contribution in [0.15, 0.2) is 30.5 Å². The summed E-state index contributed by atoms with van der Waals surface area (Å²) in [4.78, 5) is 19.9. The lowest BCUT2D eigenvalue weighted by atomic mass is 10.3. The average Bonchev–Trinajstić information content (AvgIpc) is 2.75. The molecular formula is C12H8ClN3O2. The summed E-state index contributed by atoms with van der Waals surface area (Å²) in [5, 5.41) is 0.234. The first-order valence-electron chi connectivity index (χ1n) is 5.22. The predicted molar refractivity (Wildman–Crippen MR) is 66.8 cm³/mol. The molecule has 0 saturated heterocycles. The smallest absolute Gasteiger partial charge is 0.358 e. The van der Waals surface area contributed by atoms with Crippen LogP contribution in [0.1, 0.15) is 10.5 Å². The number of ether oxygens (including phenoxy) is 1. The van der Waals surface area contributed by atoms with Crippen molar-refractivity contribution in [3.63, 3.8) is 0 Å². The summed E-state index contributed by atoms with van der Waals surface area (Å²) >= 11 is 6.02. The molecule has 2 heterocycles. The van der Waals surface area contributed by atoms with Crippen LogP contribution in [0.5, 0.6) is 0 Å². The molecule has 5 nitrogen and oxygen atoms in total. The van der Waals surface area contributed by atoms with Crippen molar-refractivity contribution >= 4 is 34.4 Å². The fourth-order valence-electron chi connectivity index (χ4n) is 1.81. The van der Waals surface area contributed by atoms with Gasteiger partial charge >= 0.3 is 5.97 Å². The maximum atomic E-state index is 11.5. The second-order valence-corrected chi connectivity index (χ2v) is 4.11. The maximum Gasteiger partial charge on any atom is 0.358 e. The number of methoxy groups -OCH3 is 1. The number of nitrogens with zero attached hydrogens (tertiary/aromatic N) is 3. The van der Waals surface area contributed by atoms with Gasteiger partial charge in [0.25, 0.3) is 0 Å². The Balaban J connectivity index is 2.36. The Morgan fingerprint density at radius 2 is 2.11 bits per heavy atom. The van der Waals surface area contributed by atoms with Crippen LogP contribution in [0, 0.1) is 0 Å². The monoisotopic (exact) mass is 261 g/mol. The third-order valence-electron chi connectivity index (χ3n) is 2.64. The number of carbonyl (C=O) groups excluding carboxylic acids is 1.